The first-order valence-corrected chi connectivity index (χ1v) is 9.96. The number of rotatable bonds is 6. The maximum atomic E-state index is 12.7. The zero-order chi connectivity index (χ0) is 19.9. The van der Waals surface area contributed by atoms with E-state index < -0.39 is 0 Å². The number of esters is 1. The van der Waals surface area contributed by atoms with Crippen molar-refractivity contribution in [2.45, 2.75) is 32.7 Å². The van der Waals surface area contributed by atoms with Gasteiger partial charge in [-0.2, -0.15) is 0 Å². The number of hydrogen-bond acceptors (Lipinski definition) is 4. The van der Waals surface area contributed by atoms with Gasteiger partial charge in [0, 0.05) is 18.8 Å². The van der Waals surface area contributed by atoms with E-state index in [1.165, 1.54) is 5.56 Å². The van der Waals surface area contributed by atoms with Crippen molar-refractivity contribution in [3.8, 4) is 11.1 Å². The van der Waals surface area contributed by atoms with Crippen LogP contribution in [0.25, 0.3) is 11.1 Å². The van der Waals surface area contributed by atoms with Gasteiger partial charge in [-0.15, -0.1) is 0 Å². The molecule has 1 aliphatic rings. The van der Waals surface area contributed by atoms with Gasteiger partial charge in [0.05, 0.1) is 12.5 Å². The number of carbonyl (C=O) groups excluding carboxylic acids is 2. The molecule has 1 N–H and O–H groups in total. The minimum Gasteiger partial charge on any atom is -0.466 e. The number of likely N-dealkylation sites (tertiary alicyclic amines) is 1. The van der Waals surface area contributed by atoms with Gasteiger partial charge in [-0.1, -0.05) is 42.5 Å². The van der Waals surface area contributed by atoms with Crippen LogP contribution in [0.15, 0.2) is 54.6 Å². The minimum atomic E-state index is -0.318. The quantitative estimate of drug-likeness (QED) is 0.771. The first-order valence-electron chi connectivity index (χ1n) is 9.96. The molecule has 0 aromatic heterocycles. The molecule has 1 heterocycles. The van der Waals surface area contributed by atoms with Gasteiger partial charge < -0.3 is 15.0 Å². The third kappa shape index (κ3) is 4.91. The molecule has 1 saturated heterocycles. The van der Waals surface area contributed by atoms with Gasteiger partial charge in [0.25, 0.3) is 0 Å². The second-order valence-electron chi connectivity index (χ2n) is 7.16. The van der Waals surface area contributed by atoms with Crippen LogP contribution >= 0.6 is 0 Å². The number of benzene rings is 2. The Balaban J connectivity index is 1.53. The van der Waals surface area contributed by atoms with Crippen LogP contribution in [0, 0.1) is 5.92 Å². The van der Waals surface area contributed by atoms with Crippen molar-refractivity contribution in [1.82, 2.24) is 4.90 Å². The smallest absolute Gasteiger partial charge is 0.309 e. The molecule has 5 nitrogen and oxygen atoms in total. The van der Waals surface area contributed by atoms with Crippen LogP contribution in [0.2, 0.25) is 0 Å². The average molecular weight is 380 g/mol. The number of carbonyl (C=O) groups is 2. The van der Waals surface area contributed by atoms with Crippen molar-refractivity contribution < 1.29 is 14.3 Å². The summed E-state index contributed by atoms with van der Waals surface area (Å²) in [5.74, 6) is -0.161. The number of amides is 1. The third-order valence-corrected chi connectivity index (χ3v) is 5.17. The molecule has 0 unspecified atom stereocenters. The lowest BCUT2D eigenvalue weighted by Gasteiger charge is -2.33. The van der Waals surface area contributed by atoms with Crippen LogP contribution in [0.3, 0.4) is 0 Å². The molecule has 0 radical (unpaired) electrons. The fourth-order valence-corrected chi connectivity index (χ4v) is 3.57. The van der Waals surface area contributed by atoms with Crippen molar-refractivity contribution >= 4 is 17.6 Å². The zero-order valence-corrected chi connectivity index (χ0v) is 16.6. The maximum absolute atomic E-state index is 12.7. The van der Waals surface area contributed by atoms with Gasteiger partial charge in [-0.05, 0) is 49.9 Å². The third-order valence-electron chi connectivity index (χ3n) is 5.17. The van der Waals surface area contributed by atoms with Crippen LogP contribution in [0.4, 0.5) is 5.69 Å². The Bertz CT molecular complexity index is 781. The molecule has 0 aliphatic carbocycles. The van der Waals surface area contributed by atoms with E-state index in [0.29, 0.717) is 32.5 Å². The molecule has 28 heavy (non-hydrogen) atoms. The van der Waals surface area contributed by atoms with E-state index in [0.717, 1.165) is 11.3 Å². The molecule has 148 valence electrons. The van der Waals surface area contributed by atoms with E-state index in [-0.39, 0.29) is 23.8 Å². The lowest BCUT2D eigenvalue weighted by molar-refractivity contribution is -0.151. The Morgan fingerprint density at radius 3 is 2.25 bits per heavy atom. The molecule has 0 saturated carbocycles. The lowest BCUT2D eigenvalue weighted by atomic mass is 9.96. The summed E-state index contributed by atoms with van der Waals surface area (Å²) in [6.45, 7) is 5.30. The van der Waals surface area contributed by atoms with Gasteiger partial charge >= 0.3 is 5.97 Å². The number of piperidine rings is 1. The first-order chi connectivity index (χ1) is 13.6. The summed E-state index contributed by atoms with van der Waals surface area (Å²) < 4.78 is 5.09. The Morgan fingerprint density at radius 2 is 1.64 bits per heavy atom. The predicted molar refractivity (Wildman–Crippen MR) is 111 cm³/mol. The monoisotopic (exact) mass is 380 g/mol. The Labute approximate surface area is 166 Å². The number of anilines is 1. The molecule has 5 heteroatoms. The lowest BCUT2D eigenvalue weighted by Crippen LogP contribution is -2.46. The van der Waals surface area contributed by atoms with E-state index >= 15 is 0 Å². The van der Waals surface area contributed by atoms with Crippen LogP contribution < -0.4 is 5.32 Å². The predicted octanol–water partition coefficient (Wildman–Crippen LogP) is 3.96. The van der Waals surface area contributed by atoms with Crippen LogP contribution in [-0.2, 0) is 14.3 Å². The van der Waals surface area contributed by atoms with Gasteiger partial charge in [0.1, 0.15) is 6.04 Å². The highest BCUT2D eigenvalue weighted by molar-refractivity contribution is 5.85. The normalized spacial score (nSPS) is 15.7. The Hall–Kier alpha value is -2.82. The fourth-order valence-electron chi connectivity index (χ4n) is 3.57. The van der Waals surface area contributed by atoms with E-state index in [1.54, 1.807) is 0 Å². The standard InChI is InChI=1S/C23H28N2O3/c1-3-28-23(27)20-13-15-25(16-14-20)22(26)17(2)24-21-11-9-19(10-12-21)18-7-5-4-6-8-18/h4-12,17,20,24H,3,13-16H2,1-2H3/t17-/m1/s1. The molecule has 1 fully saturated rings. The molecule has 2 aromatic rings. The molecule has 2 aromatic carbocycles. The molecule has 0 spiro atoms. The van der Waals surface area contributed by atoms with E-state index in [1.807, 2.05) is 49.1 Å². The van der Waals surface area contributed by atoms with Crippen molar-refractivity contribution in [2.24, 2.45) is 5.92 Å². The van der Waals surface area contributed by atoms with Crippen LogP contribution in [0.5, 0.6) is 0 Å². The molecule has 0 bridgehead atoms. The SMILES string of the molecule is CCOC(=O)C1CCN(C(=O)[C@@H](C)Nc2ccc(-c3ccccc3)cc2)CC1. The van der Waals surface area contributed by atoms with E-state index in [2.05, 4.69) is 29.6 Å². The second-order valence-corrected chi connectivity index (χ2v) is 7.16. The van der Waals surface area contributed by atoms with Crippen molar-refractivity contribution in [2.75, 3.05) is 25.0 Å². The number of nitrogens with zero attached hydrogens (tertiary/aromatic N) is 1. The topological polar surface area (TPSA) is 58.6 Å². The molecule has 1 amide bonds. The van der Waals surface area contributed by atoms with Crippen molar-refractivity contribution in [1.29, 1.82) is 0 Å². The number of hydrogen-bond donors (Lipinski definition) is 1. The highest BCUT2D eigenvalue weighted by Crippen LogP contribution is 2.22. The molecule has 1 aliphatic heterocycles. The fraction of sp³-hybridized carbons (Fsp3) is 0.391. The van der Waals surface area contributed by atoms with Crippen LogP contribution in [0.1, 0.15) is 26.7 Å². The highest BCUT2D eigenvalue weighted by Gasteiger charge is 2.29. The maximum Gasteiger partial charge on any atom is 0.309 e. The summed E-state index contributed by atoms with van der Waals surface area (Å²) in [5, 5.41) is 3.29. The van der Waals surface area contributed by atoms with Crippen molar-refractivity contribution in [3.63, 3.8) is 0 Å². The van der Waals surface area contributed by atoms with E-state index in [9.17, 15) is 9.59 Å². The summed E-state index contributed by atoms with van der Waals surface area (Å²) >= 11 is 0. The van der Waals surface area contributed by atoms with Gasteiger partial charge in [0.15, 0.2) is 0 Å². The van der Waals surface area contributed by atoms with Gasteiger partial charge in [0.2, 0.25) is 5.91 Å². The second kappa shape index (κ2) is 9.40. The minimum absolute atomic E-state index is 0.0643. The molecule has 3 rings (SSSR count). The summed E-state index contributed by atoms with van der Waals surface area (Å²) in [5.41, 5.74) is 3.23. The summed E-state index contributed by atoms with van der Waals surface area (Å²) in [6, 6.07) is 18.0. The van der Waals surface area contributed by atoms with Gasteiger partial charge in [-0.25, -0.2) is 0 Å². The van der Waals surface area contributed by atoms with Crippen molar-refractivity contribution in [3.05, 3.63) is 54.6 Å². The number of ether oxygens (including phenoxy) is 1. The van der Waals surface area contributed by atoms with Crippen LogP contribution in [-0.4, -0.2) is 42.5 Å². The van der Waals surface area contributed by atoms with E-state index in [4.69, 9.17) is 4.74 Å². The summed E-state index contributed by atoms with van der Waals surface area (Å²) in [6.07, 6.45) is 1.34. The molecular weight excluding hydrogens is 352 g/mol. The van der Waals surface area contributed by atoms with Gasteiger partial charge in [-0.3, -0.25) is 9.59 Å². The first kappa shape index (κ1) is 19.9. The summed E-state index contributed by atoms with van der Waals surface area (Å²) in [4.78, 5) is 26.4. The Kier molecular flexibility index (Phi) is 6.69. The number of nitrogens with one attached hydrogen (secondary N) is 1. The Morgan fingerprint density at radius 1 is 1.04 bits per heavy atom. The molecular formula is C23H28N2O3. The average Bonchev–Trinajstić information content (AvgIpc) is 2.74. The largest absolute Gasteiger partial charge is 0.466 e. The molecule has 1 atom stereocenters. The zero-order valence-electron chi connectivity index (χ0n) is 16.6. The highest BCUT2D eigenvalue weighted by atomic mass is 16.5. The summed E-state index contributed by atoms with van der Waals surface area (Å²) in [7, 11) is 0.